The number of nitrogens with one attached hydrogen (secondary N) is 1. The van der Waals surface area contributed by atoms with Crippen LogP contribution in [0.25, 0.3) is 6.08 Å². The number of benzene rings is 2. The second kappa shape index (κ2) is 7.64. The number of hydrogen-bond donors (Lipinski definition) is 1. The van der Waals surface area contributed by atoms with Gasteiger partial charge in [-0.3, -0.25) is 4.79 Å². The number of rotatable bonds is 4. The van der Waals surface area contributed by atoms with Crippen LogP contribution in [0.2, 0.25) is 0 Å². The molecule has 1 aliphatic rings. The fourth-order valence-corrected chi connectivity index (χ4v) is 3.58. The van der Waals surface area contributed by atoms with Crippen LogP contribution in [0.1, 0.15) is 37.5 Å². The number of amides is 1. The molecule has 2 aromatic carbocycles. The molecule has 1 N–H and O–H groups in total. The van der Waals surface area contributed by atoms with Gasteiger partial charge in [-0.1, -0.05) is 81.1 Å². The van der Waals surface area contributed by atoms with E-state index in [0.29, 0.717) is 15.8 Å². The lowest BCUT2D eigenvalue weighted by molar-refractivity contribution is -0.115. The van der Waals surface area contributed by atoms with Gasteiger partial charge in [-0.05, 0) is 40.3 Å². The van der Waals surface area contributed by atoms with E-state index in [9.17, 15) is 4.79 Å². The van der Waals surface area contributed by atoms with E-state index in [4.69, 9.17) is 17.0 Å². The topological polar surface area (TPSA) is 38.3 Å². The maximum atomic E-state index is 11.8. The van der Waals surface area contributed by atoms with E-state index < -0.39 is 0 Å². The van der Waals surface area contributed by atoms with Gasteiger partial charge in [0.05, 0.1) is 4.91 Å². The zero-order valence-corrected chi connectivity index (χ0v) is 16.7. The van der Waals surface area contributed by atoms with Crippen molar-refractivity contribution < 1.29 is 9.53 Å². The summed E-state index contributed by atoms with van der Waals surface area (Å²) in [6.45, 7) is 7.11. The molecular weight excluding hydrogens is 362 g/mol. The van der Waals surface area contributed by atoms with Crippen LogP contribution in [-0.2, 0) is 16.8 Å². The van der Waals surface area contributed by atoms with E-state index >= 15 is 0 Å². The van der Waals surface area contributed by atoms with Crippen molar-refractivity contribution in [3.8, 4) is 5.75 Å². The van der Waals surface area contributed by atoms with Crippen molar-refractivity contribution in [3.05, 3.63) is 70.1 Å². The number of thiocarbonyl (C=S) groups is 1. The van der Waals surface area contributed by atoms with Crippen molar-refractivity contribution in [2.45, 2.75) is 32.8 Å². The molecule has 1 heterocycles. The molecule has 1 saturated heterocycles. The van der Waals surface area contributed by atoms with Gasteiger partial charge in [0.1, 0.15) is 16.7 Å². The van der Waals surface area contributed by atoms with Crippen molar-refractivity contribution in [1.29, 1.82) is 0 Å². The first-order valence-corrected chi connectivity index (χ1v) is 9.61. The van der Waals surface area contributed by atoms with Gasteiger partial charge < -0.3 is 10.1 Å². The van der Waals surface area contributed by atoms with Gasteiger partial charge in [0.25, 0.3) is 5.91 Å². The van der Waals surface area contributed by atoms with Gasteiger partial charge >= 0.3 is 0 Å². The van der Waals surface area contributed by atoms with E-state index in [1.807, 2.05) is 30.3 Å². The van der Waals surface area contributed by atoms with E-state index in [1.54, 1.807) is 0 Å². The Bertz CT molecular complexity index is 864. The fraction of sp³-hybridized carbons (Fsp3) is 0.238. The summed E-state index contributed by atoms with van der Waals surface area (Å²) in [5.41, 5.74) is 3.49. The summed E-state index contributed by atoms with van der Waals surface area (Å²) < 4.78 is 6.40. The van der Waals surface area contributed by atoms with Crippen LogP contribution >= 0.6 is 24.0 Å². The monoisotopic (exact) mass is 383 g/mol. The summed E-state index contributed by atoms with van der Waals surface area (Å²) >= 11 is 6.29. The van der Waals surface area contributed by atoms with Gasteiger partial charge in [-0.2, -0.15) is 0 Å². The summed E-state index contributed by atoms with van der Waals surface area (Å²) in [5, 5.41) is 2.62. The molecule has 1 amide bonds. The first kappa shape index (κ1) is 18.7. The van der Waals surface area contributed by atoms with Crippen LogP contribution < -0.4 is 10.1 Å². The second-order valence-electron chi connectivity index (χ2n) is 7.16. The van der Waals surface area contributed by atoms with Crippen LogP contribution in [-0.4, -0.2) is 10.2 Å². The molecule has 0 radical (unpaired) electrons. The SMILES string of the molecule is CC(C)(C)c1ccc(COc2cccc(/C=C3\SC(=S)NC3=O)c2)cc1. The van der Waals surface area contributed by atoms with Crippen molar-refractivity contribution in [3.63, 3.8) is 0 Å². The summed E-state index contributed by atoms with van der Waals surface area (Å²) in [7, 11) is 0. The maximum absolute atomic E-state index is 11.8. The smallest absolute Gasteiger partial charge is 0.263 e. The minimum atomic E-state index is -0.148. The van der Waals surface area contributed by atoms with E-state index in [1.165, 1.54) is 17.3 Å². The minimum absolute atomic E-state index is 0.147. The molecule has 0 atom stereocenters. The zero-order chi connectivity index (χ0) is 18.7. The normalized spacial score (nSPS) is 16.0. The molecular formula is C21H21NO2S2. The van der Waals surface area contributed by atoms with Gasteiger partial charge in [0.2, 0.25) is 0 Å². The Balaban J connectivity index is 1.67. The molecule has 5 heteroatoms. The highest BCUT2D eigenvalue weighted by Crippen LogP contribution is 2.27. The predicted octanol–water partition coefficient (Wildman–Crippen LogP) is 5.05. The third-order valence-electron chi connectivity index (χ3n) is 4.02. The predicted molar refractivity (Wildman–Crippen MR) is 112 cm³/mol. The van der Waals surface area contributed by atoms with Gasteiger partial charge in [0, 0.05) is 0 Å². The number of carbonyl (C=O) groups is 1. The Kier molecular flexibility index (Phi) is 5.49. The van der Waals surface area contributed by atoms with Crippen LogP contribution in [0.3, 0.4) is 0 Å². The molecule has 134 valence electrons. The lowest BCUT2D eigenvalue weighted by Crippen LogP contribution is -2.17. The highest BCUT2D eigenvalue weighted by molar-refractivity contribution is 8.26. The minimum Gasteiger partial charge on any atom is -0.489 e. The van der Waals surface area contributed by atoms with Crippen molar-refractivity contribution in [1.82, 2.24) is 5.32 Å². The molecule has 0 bridgehead atoms. The first-order valence-electron chi connectivity index (χ1n) is 8.38. The molecule has 0 saturated carbocycles. The number of hydrogen-bond acceptors (Lipinski definition) is 4. The Morgan fingerprint density at radius 3 is 2.50 bits per heavy atom. The average molecular weight is 384 g/mol. The molecule has 26 heavy (non-hydrogen) atoms. The largest absolute Gasteiger partial charge is 0.489 e. The quantitative estimate of drug-likeness (QED) is 0.592. The molecule has 0 aromatic heterocycles. The maximum Gasteiger partial charge on any atom is 0.263 e. The van der Waals surface area contributed by atoms with Crippen molar-refractivity contribution >= 4 is 40.3 Å². The molecule has 3 rings (SSSR count). The van der Waals surface area contributed by atoms with Gasteiger partial charge in [-0.25, -0.2) is 0 Å². The van der Waals surface area contributed by atoms with Crippen LogP contribution in [0, 0.1) is 0 Å². The van der Waals surface area contributed by atoms with E-state index in [0.717, 1.165) is 16.9 Å². The summed E-state index contributed by atoms with van der Waals surface area (Å²) in [6, 6.07) is 16.2. The number of ether oxygens (including phenoxy) is 1. The Hall–Kier alpha value is -2.11. The lowest BCUT2D eigenvalue weighted by atomic mass is 9.87. The summed E-state index contributed by atoms with van der Waals surface area (Å²) in [4.78, 5) is 12.4. The Morgan fingerprint density at radius 1 is 1.15 bits per heavy atom. The molecule has 1 fully saturated rings. The molecule has 0 spiro atoms. The highest BCUT2D eigenvalue weighted by Gasteiger charge is 2.21. The molecule has 1 aliphatic heterocycles. The summed E-state index contributed by atoms with van der Waals surface area (Å²) in [5.74, 6) is 0.621. The van der Waals surface area contributed by atoms with Gasteiger partial charge in [-0.15, -0.1) is 0 Å². The number of thioether (sulfide) groups is 1. The van der Waals surface area contributed by atoms with Gasteiger partial charge in [0.15, 0.2) is 0 Å². The highest BCUT2D eigenvalue weighted by atomic mass is 32.2. The molecule has 2 aromatic rings. The van der Waals surface area contributed by atoms with E-state index in [2.05, 4.69) is 50.4 Å². The van der Waals surface area contributed by atoms with Crippen LogP contribution in [0.15, 0.2) is 53.4 Å². The lowest BCUT2D eigenvalue weighted by Gasteiger charge is -2.19. The first-order chi connectivity index (χ1) is 12.3. The number of carbonyl (C=O) groups excluding carboxylic acids is 1. The van der Waals surface area contributed by atoms with E-state index in [-0.39, 0.29) is 11.3 Å². The summed E-state index contributed by atoms with van der Waals surface area (Å²) in [6.07, 6.45) is 1.82. The molecule has 0 unspecified atom stereocenters. The van der Waals surface area contributed by atoms with Crippen molar-refractivity contribution in [2.75, 3.05) is 0 Å². The third-order valence-corrected chi connectivity index (χ3v) is 5.19. The molecule has 0 aliphatic carbocycles. The van der Waals surface area contributed by atoms with Crippen LogP contribution in [0.4, 0.5) is 0 Å². The third kappa shape index (κ3) is 4.74. The standard InChI is InChI=1S/C21H21NO2S2/c1-21(2,3)16-9-7-14(8-10-16)13-24-17-6-4-5-15(11-17)12-18-19(23)22-20(25)26-18/h4-12H,13H2,1-3H3,(H,22,23,25)/b18-12-. The fourth-order valence-electron chi connectivity index (χ4n) is 2.53. The van der Waals surface area contributed by atoms with Crippen molar-refractivity contribution in [2.24, 2.45) is 0 Å². The zero-order valence-electron chi connectivity index (χ0n) is 15.0. The molecule has 3 nitrogen and oxygen atoms in total. The Morgan fingerprint density at radius 2 is 1.88 bits per heavy atom. The Labute approximate surface area is 163 Å². The van der Waals surface area contributed by atoms with Crippen LogP contribution in [0.5, 0.6) is 5.75 Å². The second-order valence-corrected chi connectivity index (χ2v) is 8.88. The average Bonchev–Trinajstić information content (AvgIpc) is 2.90.